The van der Waals surface area contributed by atoms with E-state index in [0.29, 0.717) is 5.56 Å². The van der Waals surface area contributed by atoms with Crippen molar-refractivity contribution in [2.24, 2.45) is 5.10 Å². The number of hydrogen-bond donors (Lipinski definition) is 2. The molecule has 0 bridgehead atoms. The number of rotatable bonds is 2. The zero-order valence-corrected chi connectivity index (χ0v) is 12.1. The number of nitrogens with zero attached hydrogens (tertiary/aromatic N) is 2. The fourth-order valence-corrected chi connectivity index (χ4v) is 2.76. The fourth-order valence-electron chi connectivity index (χ4n) is 2.76. The normalized spacial score (nSPS) is 17.9. The fraction of sp³-hybridized carbons (Fsp3) is 0.235. The Kier molecular flexibility index (Phi) is 3.29. The van der Waals surface area contributed by atoms with Gasteiger partial charge in [0.25, 0.3) is 0 Å². The van der Waals surface area contributed by atoms with Crippen molar-refractivity contribution < 1.29 is 10.2 Å². The van der Waals surface area contributed by atoms with Crippen LogP contribution in [0.25, 0.3) is 0 Å². The van der Waals surface area contributed by atoms with Crippen molar-refractivity contribution in [3.63, 3.8) is 0 Å². The standard InChI is InChI=1S/C17H18N2O2/c1-11-4-3-5-12(8-11)16-10-15(18-19(16)2)14-7-6-13(20)9-17(14)21/h3-9,16,20-21H,10H2,1-2H3. The Balaban J connectivity index is 1.89. The molecule has 0 spiro atoms. The second kappa shape index (κ2) is 5.13. The van der Waals surface area contributed by atoms with Crippen LogP contribution in [0.2, 0.25) is 0 Å². The van der Waals surface area contributed by atoms with Gasteiger partial charge in [-0.25, -0.2) is 0 Å². The molecule has 0 fully saturated rings. The molecule has 0 saturated heterocycles. The second-order valence-corrected chi connectivity index (χ2v) is 5.46. The highest BCUT2D eigenvalue weighted by molar-refractivity contribution is 6.04. The summed E-state index contributed by atoms with van der Waals surface area (Å²) in [6.45, 7) is 2.08. The van der Waals surface area contributed by atoms with Gasteiger partial charge in [-0.1, -0.05) is 29.8 Å². The molecule has 0 saturated carbocycles. The summed E-state index contributed by atoms with van der Waals surface area (Å²) in [6, 6.07) is 13.2. The predicted octanol–water partition coefficient (Wildman–Crippen LogP) is 3.19. The maximum Gasteiger partial charge on any atom is 0.128 e. The van der Waals surface area contributed by atoms with E-state index in [4.69, 9.17) is 0 Å². The monoisotopic (exact) mass is 282 g/mol. The summed E-state index contributed by atoms with van der Waals surface area (Å²) in [4.78, 5) is 0. The van der Waals surface area contributed by atoms with Crippen LogP contribution in [-0.2, 0) is 0 Å². The van der Waals surface area contributed by atoms with Crippen molar-refractivity contribution in [1.82, 2.24) is 5.01 Å². The summed E-state index contributed by atoms with van der Waals surface area (Å²) in [5.41, 5.74) is 3.95. The van der Waals surface area contributed by atoms with Gasteiger partial charge in [0.2, 0.25) is 0 Å². The summed E-state index contributed by atoms with van der Waals surface area (Å²) in [6.07, 6.45) is 0.734. The molecule has 2 N–H and O–H groups in total. The Morgan fingerprint density at radius 3 is 2.67 bits per heavy atom. The van der Waals surface area contributed by atoms with E-state index in [-0.39, 0.29) is 17.5 Å². The third kappa shape index (κ3) is 2.57. The molecular formula is C17H18N2O2. The molecule has 1 heterocycles. The van der Waals surface area contributed by atoms with E-state index in [1.54, 1.807) is 12.1 Å². The predicted molar refractivity (Wildman–Crippen MR) is 82.6 cm³/mol. The molecular weight excluding hydrogens is 264 g/mol. The third-order valence-corrected chi connectivity index (χ3v) is 3.84. The highest BCUT2D eigenvalue weighted by atomic mass is 16.3. The highest BCUT2D eigenvalue weighted by Gasteiger charge is 2.27. The molecule has 0 aliphatic carbocycles. The van der Waals surface area contributed by atoms with Gasteiger partial charge in [0, 0.05) is 25.1 Å². The van der Waals surface area contributed by atoms with E-state index < -0.39 is 0 Å². The minimum Gasteiger partial charge on any atom is -0.508 e. The average molecular weight is 282 g/mol. The number of hydrogen-bond acceptors (Lipinski definition) is 4. The number of phenols is 2. The van der Waals surface area contributed by atoms with Gasteiger partial charge in [-0.05, 0) is 24.6 Å². The minimum atomic E-state index is 0.0541. The van der Waals surface area contributed by atoms with Crippen LogP contribution < -0.4 is 0 Å². The first-order valence-electron chi connectivity index (χ1n) is 6.94. The van der Waals surface area contributed by atoms with Crippen LogP contribution in [0.15, 0.2) is 47.6 Å². The van der Waals surface area contributed by atoms with Gasteiger partial charge in [0.05, 0.1) is 11.8 Å². The molecule has 1 unspecified atom stereocenters. The second-order valence-electron chi connectivity index (χ2n) is 5.46. The summed E-state index contributed by atoms with van der Waals surface area (Å²) < 4.78 is 0. The zero-order valence-electron chi connectivity index (χ0n) is 12.1. The summed E-state index contributed by atoms with van der Waals surface area (Å²) >= 11 is 0. The molecule has 2 aromatic carbocycles. The number of phenolic OH excluding ortho intramolecular Hbond substituents is 2. The van der Waals surface area contributed by atoms with E-state index >= 15 is 0 Å². The van der Waals surface area contributed by atoms with Crippen LogP contribution in [-0.4, -0.2) is 28.0 Å². The molecule has 1 atom stereocenters. The van der Waals surface area contributed by atoms with Gasteiger partial charge in [-0.3, -0.25) is 5.01 Å². The molecule has 108 valence electrons. The summed E-state index contributed by atoms with van der Waals surface area (Å²) in [5.74, 6) is 0.116. The van der Waals surface area contributed by atoms with Gasteiger partial charge >= 0.3 is 0 Å². The van der Waals surface area contributed by atoms with Gasteiger partial charge in [-0.15, -0.1) is 0 Å². The molecule has 4 nitrogen and oxygen atoms in total. The van der Waals surface area contributed by atoms with Crippen LogP contribution in [0.4, 0.5) is 0 Å². The van der Waals surface area contributed by atoms with Crippen molar-refractivity contribution in [3.05, 3.63) is 59.2 Å². The Hall–Kier alpha value is -2.49. The first kappa shape index (κ1) is 13.5. The third-order valence-electron chi connectivity index (χ3n) is 3.84. The van der Waals surface area contributed by atoms with E-state index in [0.717, 1.165) is 12.1 Å². The van der Waals surface area contributed by atoms with Crippen molar-refractivity contribution in [3.8, 4) is 11.5 Å². The maximum atomic E-state index is 9.98. The molecule has 0 radical (unpaired) electrons. The van der Waals surface area contributed by atoms with Crippen molar-refractivity contribution in [2.45, 2.75) is 19.4 Å². The Labute approximate surface area is 124 Å². The Morgan fingerprint density at radius 2 is 1.95 bits per heavy atom. The van der Waals surface area contributed by atoms with Crippen molar-refractivity contribution >= 4 is 5.71 Å². The lowest BCUT2D eigenvalue weighted by Crippen LogP contribution is -2.13. The first-order chi connectivity index (χ1) is 10.0. The van der Waals surface area contributed by atoms with Crippen LogP contribution in [0.3, 0.4) is 0 Å². The zero-order chi connectivity index (χ0) is 15.0. The van der Waals surface area contributed by atoms with Gasteiger partial charge in [0.1, 0.15) is 11.5 Å². The number of hydrazone groups is 1. The number of aryl methyl sites for hydroxylation is 1. The van der Waals surface area contributed by atoms with E-state index in [1.807, 2.05) is 12.1 Å². The van der Waals surface area contributed by atoms with Crippen LogP contribution in [0.5, 0.6) is 11.5 Å². The average Bonchev–Trinajstić information content (AvgIpc) is 2.80. The van der Waals surface area contributed by atoms with Gasteiger partial charge in [-0.2, -0.15) is 5.10 Å². The molecule has 2 aromatic rings. The molecule has 0 amide bonds. The lowest BCUT2D eigenvalue weighted by molar-refractivity contribution is 0.290. The molecule has 0 aromatic heterocycles. The van der Waals surface area contributed by atoms with E-state index in [9.17, 15) is 10.2 Å². The van der Waals surface area contributed by atoms with Crippen molar-refractivity contribution in [1.29, 1.82) is 0 Å². The van der Waals surface area contributed by atoms with E-state index in [1.165, 1.54) is 17.2 Å². The lowest BCUT2D eigenvalue weighted by Gasteiger charge is -2.19. The lowest BCUT2D eigenvalue weighted by atomic mass is 9.97. The number of aromatic hydroxyl groups is 2. The molecule has 21 heavy (non-hydrogen) atoms. The summed E-state index contributed by atoms with van der Waals surface area (Å²) in [7, 11) is 1.94. The summed E-state index contributed by atoms with van der Waals surface area (Å²) in [5, 5.41) is 25.8. The minimum absolute atomic E-state index is 0.0541. The van der Waals surface area contributed by atoms with Gasteiger partial charge < -0.3 is 10.2 Å². The van der Waals surface area contributed by atoms with Crippen LogP contribution >= 0.6 is 0 Å². The SMILES string of the molecule is Cc1cccc(C2CC(c3ccc(O)cc3O)=NN2C)c1. The maximum absolute atomic E-state index is 9.98. The molecule has 1 aliphatic rings. The topological polar surface area (TPSA) is 56.1 Å². The molecule has 3 rings (SSSR count). The number of benzene rings is 2. The highest BCUT2D eigenvalue weighted by Crippen LogP contribution is 2.34. The van der Waals surface area contributed by atoms with Crippen molar-refractivity contribution in [2.75, 3.05) is 7.05 Å². The largest absolute Gasteiger partial charge is 0.508 e. The Morgan fingerprint density at radius 1 is 1.14 bits per heavy atom. The Bertz CT molecular complexity index is 710. The first-order valence-corrected chi connectivity index (χ1v) is 6.94. The van der Waals surface area contributed by atoms with Gasteiger partial charge in [0.15, 0.2) is 0 Å². The van der Waals surface area contributed by atoms with Crippen LogP contribution in [0.1, 0.15) is 29.2 Å². The van der Waals surface area contributed by atoms with Crippen LogP contribution in [0, 0.1) is 6.92 Å². The quantitative estimate of drug-likeness (QED) is 0.889. The smallest absolute Gasteiger partial charge is 0.128 e. The molecule has 4 heteroatoms. The van der Waals surface area contributed by atoms with E-state index in [2.05, 4.69) is 36.3 Å². The molecule has 1 aliphatic heterocycles.